The number of hydrogen-bond donors (Lipinski definition) is 1. The standard InChI is InChI=1S/C31H33NO3S/c1-21(2)35-27-14-17-29-25(11-18-31(33)24-5-4-6-24)20-32(30(29)19-27)36-28-15-9-23(10-16-28)22-7-12-26(34-3)13-8-22/h7-10,12-17,19-21,33H,4-6,11,18H2,1-3H3. The Balaban J connectivity index is 1.41. The lowest BCUT2D eigenvalue weighted by Gasteiger charge is -2.18. The Kier molecular flexibility index (Phi) is 7.28. The number of aromatic nitrogens is 1. The molecule has 0 radical (unpaired) electrons. The lowest BCUT2D eigenvalue weighted by molar-refractivity contribution is 0.242. The van der Waals surface area contributed by atoms with Crippen molar-refractivity contribution in [3.05, 3.63) is 89.8 Å². The normalized spacial score (nSPS) is 13.2. The maximum Gasteiger partial charge on any atom is 0.121 e. The minimum absolute atomic E-state index is 0.120. The summed E-state index contributed by atoms with van der Waals surface area (Å²) in [6, 6.07) is 23.1. The summed E-state index contributed by atoms with van der Waals surface area (Å²) in [5, 5.41) is 11.7. The Bertz CT molecular complexity index is 1360. The Hall–Kier alpha value is -3.31. The molecule has 4 nitrogen and oxygen atoms in total. The highest BCUT2D eigenvalue weighted by atomic mass is 32.2. The van der Waals surface area contributed by atoms with Crippen LogP contribution in [-0.4, -0.2) is 22.3 Å². The molecule has 1 aliphatic rings. The molecule has 4 aromatic rings. The van der Waals surface area contributed by atoms with E-state index in [9.17, 15) is 5.11 Å². The third-order valence-corrected chi connectivity index (χ3v) is 7.66. The first-order valence-electron chi connectivity index (χ1n) is 12.6. The summed E-state index contributed by atoms with van der Waals surface area (Å²) < 4.78 is 13.5. The number of ether oxygens (including phenoxy) is 2. The van der Waals surface area contributed by atoms with Crippen LogP contribution in [0.15, 0.2) is 89.2 Å². The van der Waals surface area contributed by atoms with Gasteiger partial charge in [-0.25, -0.2) is 0 Å². The van der Waals surface area contributed by atoms with Gasteiger partial charge in [0.25, 0.3) is 0 Å². The molecule has 5 rings (SSSR count). The molecule has 0 aliphatic heterocycles. The van der Waals surface area contributed by atoms with E-state index in [4.69, 9.17) is 9.47 Å². The number of aryl methyl sites for hydroxylation is 1. The highest BCUT2D eigenvalue weighted by molar-refractivity contribution is 7.98. The molecule has 0 atom stereocenters. The van der Waals surface area contributed by atoms with Crippen molar-refractivity contribution in [2.75, 3.05) is 7.11 Å². The number of benzene rings is 3. The number of aliphatic hydroxyl groups is 1. The molecular weight excluding hydrogens is 466 g/mol. The number of fused-ring (bicyclic) bond motifs is 1. The van der Waals surface area contributed by atoms with E-state index in [2.05, 4.69) is 64.8 Å². The van der Waals surface area contributed by atoms with Gasteiger partial charge in [0.15, 0.2) is 0 Å². The number of rotatable bonds is 9. The SMILES string of the molecule is COc1ccc(-c2ccc(Sn3cc(CCC(O)=C4CCC4)c4ccc(OC(C)C)cc43)cc2)cc1. The molecule has 1 aliphatic carbocycles. The number of methoxy groups -OCH3 is 1. The predicted octanol–water partition coefficient (Wildman–Crippen LogP) is 8.59. The first-order valence-corrected chi connectivity index (χ1v) is 13.4. The summed E-state index contributed by atoms with van der Waals surface area (Å²) in [5.74, 6) is 2.32. The fraction of sp³-hybridized carbons (Fsp3) is 0.290. The quantitative estimate of drug-likeness (QED) is 0.234. The Morgan fingerprint density at radius 2 is 1.61 bits per heavy atom. The zero-order valence-electron chi connectivity index (χ0n) is 21.2. The average Bonchev–Trinajstić information content (AvgIpc) is 3.18. The third-order valence-electron chi connectivity index (χ3n) is 6.68. The van der Waals surface area contributed by atoms with Crippen molar-refractivity contribution >= 4 is 22.9 Å². The van der Waals surface area contributed by atoms with Gasteiger partial charge in [-0.05, 0) is 110 Å². The van der Waals surface area contributed by atoms with Gasteiger partial charge in [0, 0.05) is 29.0 Å². The van der Waals surface area contributed by atoms with Gasteiger partial charge in [0.1, 0.15) is 11.5 Å². The summed E-state index contributed by atoms with van der Waals surface area (Å²) in [4.78, 5) is 1.16. The van der Waals surface area contributed by atoms with E-state index in [1.54, 1.807) is 19.1 Å². The van der Waals surface area contributed by atoms with Crippen molar-refractivity contribution in [1.29, 1.82) is 0 Å². The molecular formula is C31H33NO3S. The molecule has 3 aromatic carbocycles. The van der Waals surface area contributed by atoms with Gasteiger partial charge in [-0.2, -0.15) is 0 Å². The van der Waals surface area contributed by atoms with E-state index in [0.29, 0.717) is 12.2 Å². The molecule has 0 saturated heterocycles. The monoisotopic (exact) mass is 499 g/mol. The van der Waals surface area contributed by atoms with Crippen molar-refractivity contribution in [3.63, 3.8) is 0 Å². The number of aliphatic hydroxyl groups excluding tert-OH is 1. The molecule has 0 amide bonds. The summed E-state index contributed by atoms with van der Waals surface area (Å²) in [6.07, 6.45) is 7.14. The van der Waals surface area contributed by atoms with Crippen LogP contribution in [0.5, 0.6) is 11.5 Å². The van der Waals surface area contributed by atoms with Gasteiger partial charge >= 0.3 is 0 Å². The van der Waals surface area contributed by atoms with Crippen LogP contribution in [0.4, 0.5) is 0 Å². The van der Waals surface area contributed by atoms with E-state index in [1.807, 2.05) is 26.0 Å². The Morgan fingerprint density at radius 1 is 0.944 bits per heavy atom. The number of hydrogen-bond acceptors (Lipinski definition) is 4. The van der Waals surface area contributed by atoms with Crippen molar-refractivity contribution < 1.29 is 14.6 Å². The molecule has 186 valence electrons. The maximum atomic E-state index is 10.5. The summed E-state index contributed by atoms with van der Waals surface area (Å²) in [6.45, 7) is 4.09. The molecule has 0 bridgehead atoms. The van der Waals surface area contributed by atoms with Gasteiger partial charge < -0.3 is 14.6 Å². The van der Waals surface area contributed by atoms with Crippen molar-refractivity contribution in [1.82, 2.24) is 3.97 Å². The predicted molar refractivity (Wildman–Crippen MR) is 149 cm³/mol. The van der Waals surface area contributed by atoms with Gasteiger partial charge in [-0.1, -0.05) is 24.3 Å². The van der Waals surface area contributed by atoms with Crippen LogP contribution < -0.4 is 9.47 Å². The Morgan fingerprint density at radius 3 is 2.22 bits per heavy atom. The average molecular weight is 500 g/mol. The molecule has 5 heteroatoms. The summed E-state index contributed by atoms with van der Waals surface area (Å²) >= 11 is 1.70. The second-order valence-corrected chi connectivity index (χ2v) is 10.6. The van der Waals surface area contributed by atoms with Crippen molar-refractivity contribution in [2.45, 2.75) is 57.0 Å². The highest BCUT2D eigenvalue weighted by Crippen LogP contribution is 2.35. The van der Waals surface area contributed by atoms with Crippen LogP contribution in [0.1, 0.15) is 45.1 Å². The minimum atomic E-state index is 0.120. The zero-order chi connectivity index (χ0) is 25.1. The van der Waals surface area contributed by atoms with Gasteiger partial charge in [-0.15, -0.1) is 0 Å². The van der Waals surface area contributed by atoms with Crippen molar-refractivity contribution in [3.8, 4) is 22.6 Å². The molecule has 1 N–H and O–H groups in total. The van der Waals surface area contributed by atoms with E-state index in [1.165, 1.54) is 28.5 Å². The lowest BCUT2D eigenvalue weighted by Crippen LogP contribution is -2.05. The van der Waals surface area contributed by atoms with Crippen molar-refractivity contribution in [2.24, 2.45) is 0 Å². The van der Waals surface area contributed by atoms with Crippen LogP contribution in [0.2, 0.25) is 0 Å². The van der Waals surface area contributed by atoms with E-state index < -0.39 is 0 Å². The van der Waals surface area contributed by atoms with Crippen LogP contribution in [0, 0.1) is 0 Å². The molecule has 36 heavy (non-hydrogen) atoms. The second kappa shape index (κ2) is 10.8. The second-order valence-electron chi connectivity index (χ2n) is 9.57. The van der Waals surface area contributed by atoms with Crippen LogP contribution in [0.25, 0.3) is 22.0 Å². The first kappa shape index (κ1) is 24.4. The smallest absolute Gasteiger partial charge is 0.121 e. The maximum absolute atomic E-state index is 10.5. The summed E-state index contributed by atoms with van der Waals surface area (Å²) in [5.41, 5.74) is 5.94. The number of allylic oxidation sites excluding steroid dienone is 2. The zero-order valence-corrected chi connectivity index (χ0v) is 22.0. The van der Waals surface area contributed by atoms with E-state index in [-0.39, 0.29) is 6.10 Å². The van der Waals surface area contributed by atoms with Crippen LogP contribution >= 0.6 is 11.9 Å². The fourth-order valence-electron chi connectivity index (χ4n) is 4.54. The molecule has 1 fully saturated rings. The van der Waals surface area contributed by atoms with Gasteiger partial charge in [0.2, 0.25) is 0 Å². The van der Waals surface area contributed by atoms with Crippen LogP contribution in [-0.2, 0) is 6.42 Å². The molecule has 1 heterocycles. The minimum Gasteiger partial charge on any atom is -0.512 e. The van der Waals surface area contributed by atoms with Gasteiger partial charge in [0.05, 0.1) is 24.5 Å². The topological polar surface area (TPSA) is 43.6 Å². The third kappa shape index (κ3) is 5.41. The fourth-order valence-corrected chi connectivity index (χ4v) is 5.46. The van der Waals surface area contributed by atoms with E-state index >= 15 is 0 Å². The molecule has 0 spiro atoms. The van der Waals surface area contributed by atoms with Crippen LogP contribution in [0.3, 0.4) is 0 Å². The first-order chi connectivity index (χ1) is 17.5. The lowest BCUT2D eigenvalue weighted by atomic mass is 9.90. The highest BCUT2D eigenvalue weighted by Gasteiger charge is 2.16. The molecule has 1 aromatic heterocycles. The van der Waals surface area contributed by atoms with E-state index in [0.717, 1.165) is 46.7 Å². The molecule has 1 saturated carbocycles. The Labute approximate surface area is 217 Å². The summed E-state index contributed by atoms with van der Waals surface area (Å²) in [7, 11) is 1.68. The number of nitrogens with zero attached hydrogens (tertiary/aromatic N) is 1. The largest absolute Gasteiger partial charge is 0.512 e. The van der Waals surface area contributed by atoms with Gasteiger partial charge in [-0.3, -0.25) is 3.97 Å². The molecule has 0 unspecified atom stereocenters.